The zero-order chi connectivity index (χ0) is 14.8. The number of aromatic nitrogens is 2. The molecule has 3 heteroatoms. The first-order valence-electron chi connectivity index (χ1n) is 8.13. The number of hydrogen-bond acceptors (Lipinski definition) is 2. The third kappa shape index (κ3) is 3.85. The Labute approximate surface area is 123 Å². The van der Waals surface area contributed by atoms with Gasteiger partial charge in [0, 0.05) is 18.3 Å². The summed E-state index contributed by atoms with van der Waals surface area (Å²) in [6, 6.07) is 0. The fraction of sp³-hybridized carbons (Fsp3) is 0.824. The number of nitrogens with two attached hydrogens (primary N) is 1. The minimum Gasteiger partial charge on any atom is -0.325 e. The molecule has 1 aliphatic rings. The zero-order valence-corrected chi connectivity index (χ0v) is 13.7. The van der Waals surface area contributed by atoms with Gasteiger partial charge in [-0.15, -0.1) is 0 Å². The molecule has 1 aliphatic carbocycles. The lowest BCUT2D eigenvalue weighted by Crippen LogP contribution is -2.41. The molecular weight excluding hydrogens is 246 g/mol. The maximum atomic E-state index is 6.71. The predicted octanol–water partition coefficient (Wildman–Crippen LogP) is 3.77. The normalized spacial score (nSPS) is 28.4. The highest BCUT2D eigenvalue weighted by Crippen LogP contribution is 2.39. The summed E-state index contributed by atoms with van der Waals surface area (Å²) < 4.78 is 1.99. The van der Waals surface area contributed by atoms with E-state index in [1.165, 1.54) is 24.8 Å². The minimum absolute atomic E-state index is 0.0262. The van der Waals surface area contributed by atoms with Crippen LogP contribution in [-0.2, 0) is 13.0 Å². The van der Waals surface area contributed by atoms with Crippen molar-refractivity contribution < 1.29 is 0 Å². The number of aryl methyl sites for hydroxylation is 1. The molecule has 1 heterocycles. The van der Waals surface area contributed by atoms with Crippen molar-refractivity contribution in [3.05, 3.63) is 18.0 Å². The van der Waals surface area contributed by atoms with Crippen molar-refractivity contribution in [2.45, 2.75) is 78.3 Å². The lowest BCUT2D eigenvalue weighted by molar-refractivity contribution is 0.210. The second-order valence-electron chi connectivity index (χ2n) is 7.74. The van der Waals surface area contributed by atoms with Crippen LogP contribution < -0.4 is 5.73 Å². The van der Waals surface area contributed by atoms with Crippen LogP contribution in [0.25, 0.3) is 0 Å². The third-order valence-corrected chi connectivity index (χ3v) is 5.01. The lowest BCUT2D eigenvalue weighted by atomic mass is 9.76. The Balaban J connectivity index is 2.00. The van der Waals surface area contributed by atoms with Crippen LogP contribution in [0.1, 0.15) is 65.4 Å². The van der Waals surface area contributed by atoms with Crippen molar-refractivity contribution in [2.24, 2.45) is 17.1 Å². The molecule has 1 aromatic rings. The molecule has 2 atom stereocenters. The van der Waals surface area contributed by atoms with Crippen molar-refractivity contribution in [1.82, 2.24) is 9.78 Å². The minimum atomic E-state index is -0.0262. The summed E-state index contributed by atoms with van der Waals surface area (Å²) >= 11 is 0. The van der Waals surface area contributed by atoms with Gasteiger partial charge in [0.05, 0.1) is 6.20 Å². The summed E-state index contributed by atoms with van der Waals surface area (Å²) in [5, 5.41) is 4.37. The number of rotatable bonds is 3. The summed E-state index contributed by atoms with van der Waals surface area (Å²) in [4.78, 5) is 0. The predicted molar refractivity (Wildman–Crippen MR) is 84.6 cm³/mol. The Bertz CT molecular complexity index is 430. The van der Waals surface area contributed by atoms with Crippen LogP contribution >= 0.6 is 0 Å². The van der Waals surface area contributed by atoms with Crippen LogP contribution in [0.5, 0.6) is 0 Å². The van der Waals surface area contributed by atoms with Gasteiger partial charge in [0.15, 0.2) is 0 Å². The van der Waals surface area contributed by atoms with Gasteiger partial charge < -0.3 is 5.73 Å². The summed E-state index contributed by atoms with van der Waals surface area (Å²) in [6.07, 6.45) is 11.3. The van der Waals surface area contributed by atoms with E-state index in [-0.39, 0.29) is 5.54 Å². The van der Waals surface area contributed by atoms with Crippen molar-refractivity contribution >= 4 is 0 Å². The molecule has 0 saturated heterocycles. The molecular formula is C17H31N3. The topological polar surface area (TPSA) is 43.8 Å². The Morgan fingerprint density at radius 3 is 2.70 bits per heavy atom. The van der Waals surface area contributed by atoms with E-state index in [1.807, 2.05) is 10.9 Å². The highest BCUT2D eigenvalue weighted by atomic mass is 15.3. The van der Waals surface area contributed by atoms with Crippen molar-refractivity contribution in [3.8, 4) is 0 Å². The highest BCUT2D eigenvalue weighted by Gasteiger charge is 2.33. The lowest BCUT2D eigenvalue weighted by Gasteiger charge is -2.31. The molecule has 2 N–H and O–H groups in total. The van der Waals surface area contributed by atoms with Crippen LogP contribution in [0.4, 0.5) is 0 Å². The smallest absolute Gasteiger partial charge is 0.0522 e. The summed E-state index contributed by atoms with van der Waals surface area (Å²) in [5.41, 5.74) is 8.39. The Morgan fingerprint density at radius 2 is 2.10 bits per heavy atom. The second kappa shape index (κ2) is 5.88. The Hall–Kier alpha value is -0.830. The van der Waals surface area contributed by atoms with E-state index < -0.39 is 0 Å². The summed E-state index contributed by atoms with van der Waals surface area (Å²) in [5.74, 6) is 0.811. The molecule has 2 unspecified atom stereocenters. The molecule has 0 amide bonds. The van der Waals surface area contributed by atoms with Crippen molar-refractivity contribution in [2.75, 3.05) is 0 Å². The molecule has 0 bridgehead atoms. The second-order valence-corrected chi connectivity index (χ2v) is 7.74. The van der Waals surface area contributed by atoms with Gasteiger partial charge in [-0.2, -0.15) is 5.10 Å². The van der Waals surface area contributed by atoms with Gasteiger partial charge in [-0.25, -0.2) is 0 Å². The molecule has 20 heavy (non-hydrogen) atoms. The Morgan fingerprint density at radius 1 is 1.35 bits per heavy atom. The van der Waals surface area contributed by atoms with Crippen LogP contribution in [0, 0.1) is 11.3 Å². The quantitative estimate of drug-likeness (QED) is 0.855. The van der Waals surface area contributed by atoms with E-state index in [9.17, 15) is 0 Å². The molecule has 114 valence electrons. The molecule has 2 rings (SSSR count). The molecule has 1 fully saturated rings. The van der Waals surface area contributed by atoms with E-state index in [1.54, 1.807) is 0 Å². The maximum Gasteiger partial charge on any atom is 0.0522 e. The van der Waals surface area contributed by atoms with Gasteiger partial charge in [-0.3, -0.25) is 4.68 Å². The van der Waals surface area contributed by atoms with Gasteiger partial charge in [-0.1, -0.05) is 27.2 Å². The van der Waals surface area contributed by atoms with Crippen LogP contribution in [0.3, 0.4) is 0 Å². The van der Waals surface area contributed by atoms with Gasteiger partial charge >= 0.3 is 0 Å². The molecule has 0 spiro atoms. The van der Waals surface area contributed by atoms with Crippen LogP contribution in [0.15, 0.2) is 12.4 Å². The van der Waals surface area contributed by atoms with E-state index in [2.05, 4.69) is 39.0 Å². The molecule has 0 radical (unpaired) electrons. The maximum absolute atomic E-state index is 6.71. The van der Waals surface area contributed by atoms with Crippen molar-refractivity contribution in [1.29, 1.82) is 0 Å². The SMILES string of the molecule is CCn1cc(CC2(N)CCCC(C(C)(C)C)CC2)cn1. The van der Waals surface area contributed by atoms with Gasteiger partial charge in [0.2, 0.25) is 0 Å². The summed E-state index contributed by atoms with van der Waals surface area (Å²) in [7, 11) is 0. The highest BCUT2D eigenvalue weighted by molar-refractivity contribution is 5.10. The van der Waals surface area contributed by atoms with Gasteiger partial charge in [0.1, 0.15) is 0 Å². The van der Waals surface area contributed by atoms with E-state index >= 15 is 0 Å². The zero-order valence-electron chi connectivity index (χ0n) is 13.7. The molecule has 1 saturated carbocycles. The number of hydrogen-bond donors (Lipinski definition) is 1. The molecule has 0 aromatic carbocycles. The third-order valence-electron chi connectivity index (χ3n) is 5.01. The van der Waals surface area contributed by atoms with E-state index in [4.69, 9.17) is 5.73 Å². The average Bonchev–Trinajstić information content (AvgIpc) is 2.69. The van der Waals surface area contributed by atoms with Crippen LogP contribution in [-0.4, -0.2) is 15.3 Å². The van der Waals surface area contributed by atoms with Crippen LogP contribution in [0.2, 0.25) is 0 Å². The molecule has 1 aromatic heterocycles. The first-order chi connectivity index (χ1) is 9.32. The molecule has 0 aliphatic heterocycles. The van der Waals surface area contributed by atoms with Gasteiger partial charge in [-0.05, 0) is 55.9 Å². The Kier molecular flexibility index (Phi) is 4.58. The fourth-order valence-electron chi connectivity index (χ4n) is 3.55. The first-order valence-corrected chi connectivity index (χ1v) is 8.13. The largest absolute Gasteiger partial charge is 0.325 e. The average molecular weight is 277 g/mol. The van der Waals surface area contributed by atoms with Crippen molar-refractivity contribution in [3.63, 3.8) is 0 Å². The fourth-order valence-corrected chi connectivity index (χ4v) is 3.55. The monoisotopic (exact) mass is 277 g/mol. The standard InChI is InChI=1S/C17H31N3/c1-5-20-13-14(12-19-20)11-17(18)9-6-7-15(8-10-17)16(2,3)4/h12-13,15H,5-11,18H2,1-4H3. The van der Waals surface area contributed by atoms with E-state index in [0.29, 0.717) is 5.41 Å². The summed E-state index contributed by atoms with van der Waals surface area (Å²) in [6.45, 7) is 10.2. The number of nitrogens with zero attached hydrogens (tertiary/aromatic N) is 2. The van der Waals surface area contributed by atoms with Gasteiger partial charge in [0.25, 0.3) is 0 Å². The first kappa shape index (κ1) is 15.6. The van der Waals surface area contributed by atoms with E-state index in [0.717, 1.165) is 31.7 Å². The molecule has 3 nitrogen and oxygen atoms in total.